The molecule has 0 aromatic carbocycles. The molecule has 1 nitrogen and oxygen atoms in total. The average Bonchev–Trinajstić information content (AvgIpc) is 2.49. The summed E-state index contributed by atoms with van der Waals surface area (Å²) in [5.74, 6) is 1.09. The van der Waals surface area contributed by atoms with Gasteiger partial charge in [0.15, 0.2) is 0 Å². The molecule has 1 N–H and O–H groups in total. The molecule has 0 aromatic rings. The highest BCUT2D eigenvalue weighted by Crippen LogP contribution is 2.28. The predicted molar refractivity (Wildman–Crippen MR) is 89.1 cm³/mol. The minimum Gasteiger partial charge on any atom is -0.396 e. The van der Waals surface area contributed by atoms with Crippen LogP contribution in [0, 0.1) is 5.92 Å². The van der Waals surface area contributed by atoms with Crippen molar-refractivity contribution < 1.29 is 5.11 Å². The minimum absolute atomic E-state index is 0.376. The Morgan fingerprint density at radius 3 is 1.50 bits per heavy atom. The van der Waals surface area contributed by atoms with E-state index < -0.39 is 0 Å². The molecule has 0 bridgehead atoms. The number of aliphatic hydroxyl groups excluding tert-OH is 1. The fraction of sp³-hybridized carbons (Fsp3) is 1.00. The Bertz CT molecular complexity index is 184. The maximum Gasteiger partial charge on any atom is 0.0431 e. The van der Waals surface area contributed by atoms with Crippen molar-refractivity contribution in [2.24, 2.45) is 5.92 Å². The van der Waals surface area contributed by atoms with Gasteiger partial charge in [-0.2, -0.15) is 0 Å². The van der Waals surface area contributed by atoms with Crippen LogP contribution in [0.25, 0.3) is 0 Å². The fourth-order valence-electron chi connectivity index (χ4n) is 3.61. The van der Waals surface area contributed by atoms with E-state index in [0.29, 0.717) is 6.61 Å². The van der Waals surface area contributed by atoms with Gasteiger partial charge >= 0.3 is 0 Å². The van der Waals surface area contributed by atoms with E-state index in [1.165, 1.54) is 103 Å². The first kappa shape index (κ1) is 18.0. The van der Waals surface area contributed by atoms with Crippen LogP contribution in [0.15, 0.2) is 0 Å². The van der Waals surface area contributed by atoms with Crippen LogP contribution in [-0.4, -0.2) is 11.7 Å². The lowest BCUT2D eigenvalue weighted by molar-refractivity contribution is 0.282. The third-order valence-electron chi connectivity index (χ3n) is 5.00. The molecule has 0 amide bonds. The van der Waals surface area contributed by atoms with Gasteiger partial charge in [0.25, 0.3) is 0 Å². The summed E-state index contributed by atoms with van der Waals surface area (Å²) in [7, 11) is 0. The van der Waals surface area contributed by atoms with E-state index in [0.717, 1.165) is 12.3 Å². The van der Waals surface area contributed by atoms with Crippen molar-refractivity contribution in [3.05, 3.63) is 0 Å². The van der Waals surface area contributed by atoms with Crippen LogP contribution in [-0.2, 0) is 0 Å². The van der Waals surface area contributed by atoms with E-state index in [1.54, 1.807) is 0 Å². The van der Waals surface area contributed by atoms with Crippen molar-refractivity contribution in [2.75, 3.05) is 6.61 Å². The van der Waals surface area contributed by atoms with E-state index in [2.05, 4.69) is 0 Å². The molecule has 1 rings (SSSR count). The maximum absolute atomic E-state index is 8.69. The van der Waals surface area contributed by atoms with Crippen LogP contribution in [0.4, 0.5) is 0 Å². The molecule has 0 aliphatic heterocycles. The van der Waals surface area contributed by atoms with Crippen LogP contribution < -0.4 is 0 Å². The molecular formula is C19H38O. The largest absolute Gasteiger partial charge is 0.396 e. The Balaban J connectivity index is 1.70. The normalized spacial score (nSPS) is 16.6. The monoisotopic (exact) mass is 282 g/mol. The standard InChI is InChI=1S/C19H38O/c20-18-14-9-7-5-3-1-2-4-6-8-11-15-19-16-12-10-13-17-19/h19-20H,1-18H2. The van der Waals surface area contributed by atoms with Crippen LogP contribution >= 0.6 is 0 Å². The molecule has 1 aliphatic rings. The van der Waals surface area contributed by atoms with Gasteiger partial charge in [0.2, 0.25) is 0 Å². The topological polar surface area (TPSA) is 20.2 Å². The Morgan fingerprint density at radius 1 is 0.550 bits per heavy atom. The van der Waals surface area contributed by atoms with Gasteiger partial charge in [-0.25, -0.2) is 0 Å². The van der Waals surface area contributed by atoms with Crippen molar-refractivity contribution in [1.82, 2.24) is 0 Å². The van der Waals surface area contributed by atoms with E-state index in [9.17, 15) is 0 Å². The molecular weight excluding hydrogens is 244 g/mol. The average molecular weight is 283 g/mol. The Kier molecular flexibility index (Phi) is 12.5. The van der Waals surface area contributed by atoms with Gasteiger partial charge in [0.05, 0.1) is 0 Å². The summed E-state index contributed by atoms with van der Waals surface area (Å²) in [5.41, 5.74) is 0. The summed E-state index contributed by atoms with van der Waals surface area (Å²) in [4.78, 5) is 0. The molecule has 0 saturated heterocycles. The number of rotatable bonds is 13. The van der Waals surface area contributed by atoms with Gasteiger partial charge in [0.1, 0.15) is 0 Å². The third-order valence-corrected chi connectivity index (χ3v) is 5.00. The lowest BCUT2D eigenvalue weighted by atomic mass is 9.85. The number of aliphatic hydroxyl groups is 1. The molecule has 120 valence electrons. The third kappa shape index (κ3) is 10.7. The smallest absolute Gasteiger partial charge is 0.0431 e. The second kappa shape index (κ2) is 13.9. The molecule has 1 saturated carbocycles. The van der Waals surface area contributed by atoms with Gasteiger partial charge in [-0.3, -0.25) is 0 Å². The summed E-state index contributed by atoms with van der Waals surface area (Å²) >= 11 is 0. The lowest BCUT2D eigenvalue weighted by Gasteiger charge is -2.21. The predicted octanol–water partition coefficient (Wildman–Crippen LogP) is 6.24. The van der Waals surface area contributed by atoms with Gasteiger partial charge in [-0.15, -0.1) is 0 Å². The summed E-state index contributed by atoms with van der Waals surface area (Å²) < 4.78 is 0. The molecule has 0 radical (unpaired) electrons. The molecule has 1 fully saturated rings. The first-order valence-corrected chi connectivity index (χ1v) is 9.54. The number of hydrogen-bond donors (Lipinski definition) is 1. The van der Waals surface area contributed by atoms with E-state index in [1.807, 2.05) is 0 Å². The van der Waals surface area contributed by atoms with Gasteiger partial charge in [0, 0.05) is 6.61 Å². The lowest BCUT2D eigenvalue weighted by Crippen LogP contribution is -2.05. The first-order chi connectivity index (χ1) is 9.93. The van der Waals surface area contributed by atoms with Crippen molar-refractivity contribution >= 4 is 0 Å². The van der Waals surface area contributed by atoms with E-state index in [4.69, 9.17) is 5.11 Å². The minimum atomic E-state index is 0.376. The quantitative estimate of drug-likeness (QED) is 0.396. The van der Waals surface area contributed by atoms with E-state index >= 15 is 0 Å². The highest BCUT2D eigenvalue weighted by molar-refractivity contribution is 4.65. The van der Waals surface area contributed by atoms with Crippen LogP contribution in [0.2, 0.25) is 0 Å². The Hall–Kier alpha value is -0.0400. The van der Waals surface area contributed by atoms with Gasteiger partial charge in [-0.05, 0) is 12.3 Å². The fourth-order valence-corrected chi connectivity index (χ4v) is 3.61. The Labute approximate surface area is 127 Å². The van der Waals surface area contributed by atoms with Gasteiger partial charge < -0.3 is 5.11 Å². The van der Waals surface area contributed by atoms with Gasteiger partial charge in [-0.1, -0.05) is 103 Å². The van der Waals surface area contributed by atoms with Crippen LogP contribution in [0.5, 0.6) is 0 Å². The molecule has 0 atom stereocenters. The summed E-state index contributed by atoms with van der Waals surface area (Å²) in [6, 6.07) is 0. The molecule has 0 spiro atoms. The highest BCUT2D eigenvalue weighted by atomic mass is 16.2. The van der Waals surface area contributed by atoms with Crippen LogP contribution in [0.1, 0.15) is 109 Å². The van der Waals surface area contributed by atoms with E-state index in [-0.39, 0.29) is 0 Å². The van der Waals surface area contributed by atoms with Crippen molar-refractivity contribution in [3.63, 3.8) is 0 Å². The Morgan fingerprint density at radius 2 is 1.00 bits per heavy atom. The maximum atomic E-state index is 8.69. The summed E-state index contributed by atoms with van der Waals surface area (Å²) in [6.07, 6.45) is 24.2. The second-order valence-electron chi connectivity index (χ2n) is 6.91. The summed E-state index contributed by atoms with van der Waals surface area (Å²) in [5, 5.41) is 8.69. The molecule has 1 heteroatoms. The van der Waals surface area contributed by atoms with Crippen molar-refractivity contribution in [2.45, 2.75) is 109 Å². The number of unbranched alkanes of at least 4 members (excludes halogenated alkanes) is 10. The molecule has 1 aliphatic carbocycles. The molecule has 20 heavy (non-hydrogen) atoms. The molecule has 0 unspecified atom stereocenters. The molecule has 0 heterocycles. The summed E-state index contributed by atoms with van der Waals surface area (Å²) in [6.45, 7) is 0.376. The first-order valence-electron chi connectivity index (χ1n) is 9.54. The number of hydrogen-bond acceptors (Lipinski definition) is 1. The zero-order valence-corrected chi connectivity index (χ0v) is 13.8. The zero-order valence-electron chi connectivity index (χ0n) is 13.8. The van der Waals surface area contributed by atoms with Crippen molar-refractivity contribution in [1.29, 1.82) is 0 Å². The zero-order chi connectivity index (χ0) is 14.3. The second-order valence-corrected chi connectivity index (χ2v) is 6.91. The SMILES string of the molecule is OCCCCCCCCCCCCCC1CCCCC1. The highest BCUT2D eigenvalue weighted by Gasteiger charge is 2.12. The van der Waals surface area contributed by atoms with Crippen molar-refractivity contribution in [3.8, 4) is 0 Å². The van der Waals surface area contributed by atoms with Crippen LogP contribution in [0.3, 0.4) is 0 Å². The molecule has 0 aromatic heterocycles.